The second-order valence-corrected chi connectivity index (χ2v) is 11.4. The van der Waals surface area contributed by atoms with Crippen molar-refractivity contribution in [2.75, 3.05) is 50.8 Å². The van der Waals surface area contributed by atoms with Crippen molar-refractivity contribution in [3.63, 3.8) is 0 Å². The maximum absolute atomic E-state index is 12.9. The molecule has 2 aliphatic rings. The van der Waals surface area contributed by atoms with Crippen LogP contribution >= 0.6 is 11.8 Å². The Hall–Kier alpha value is -2.30. The van der Waals surface area contributed by atoms with E-state index in [9.17, 15) is 18.0 Å². The van der Waals surface area contributed by atoms with Gasteiger partial charge in [-0.3, -0.25) is 9.59 Å². The second-order valence-electron chi connectivity index (χ2n) is 8.28. The van der Waals surface area contributed by atoms with Crippen LogP contribution in [0, 0.1) is 0 Å². The highest BCUT2D eigenvalue weighted by molar-refractivity contribution is 7.99. The first-order valence-electron chi connectivity index (χ1n) is 11.3. The van der Waals surface area contributed by atoms with Gasteiger partial charge in [-0.15, -0.1) is 0 Å². The van der Waals surface area contributed by atoms with Crippen LogP contribution in [0.25, 0.3) is 0 Å². The Morgan fingerprint density at radius 3 is 2.30 bits per heavy atom. The number of aryl methyl sites for hydroxylation is 1. The zero-order chi connectivity index (χ0) is 23.3. The molecular formula is C23H30N4O4S2. The summed E-state index contributed by atoms with van der Waals surface area (Å²) in [6.45, 7) is 2.84. The van der Waals surface area contributed by atoms with Gasteiger partial charge in [-0.05, 0) is 24.5 Å². The van der Waals surface area contributed by atoms with Gasteiger partial charge in [0, 0.05) is 63.4 Å². The molecule has 2 amide bonds. The molecule has 1 aromatic carbocycles. The first-order chi connectivity index (χ1) is 15.9. The van der Waals surface area contributed by atoms with Crippen LogP contribution in [0.5, 0.6) is 0 Å². The number of nitrogens with zero attached hydrogens (tertiary/aromatic N) is 3. The highest BCUT2D eigenvalue weighted by Crippen LogP contribution is 2.21. The predicted molar refractivity (Wildman–Crippen MR) is 129 cm³/mol. The Morgan fingerprint density at radius 2 is 1.61 bits per heavy atom. The molecule has 0 aliphatic carbocycles. The van der Waals surface area contributed by atoms with Crippen LogP contribution in [-0.2, 0) is 21.2 Å². The van der Waals surface area contributed by atoms with Gasteiger partial charge in [0.2, 0.25) is 15.9 Å². The number of hydrogen-bond donors (Lipinski definition) is 1. The third-order valence-corrected chi connectivity index (χ3v) is 8.93. The Labute approximate surface area is 199 Å². The molecule has 3 heterocycles. The molecule has 1 aromatic heterocycles. The van der Waals surface area contributed by atoms with Crippen LogP contribution in [0.4, 0.5) is 0 Å². The lowest BCUT2D eigenvalue weighted by molar-refractivity contribution is -0.132. The molecule has 2 aliphatic heterocycles. The van der Waals surface area contributed by atoms with Gasteiger partial charge in [0.1, 0.15) is 10.6 Å². The fraction of sp³-hybridized carbons (Fsp3) is 0.478. The number of rotatable bonds is 7. The summed E-state index contributed by atoms with van der Waals surface area (Å²) in [6.07, 6.45) is 3.57. The van der Waals surface area contributed by atoms with Crippen molar-refractivity contribution >= 4 is 33.6 Å². The second kappa shape index (κ2) is 10.8. The molecule has 33 heavy (non-hydrogen) atoms. The van der Waals surface area contributed by atoms with E-state index in [-0.39, 0.29) is 22.4 Å². The van der Waals surface area contributed by atoms with Gasteiger partial charge in [0.05, 0.1) is 0 Å². The monoisotopic (exact) mass is 490 g/mol. The van der Waals surface area contributed by atoms with E-state index in [4.69, 9.17) is 0 Å². The molecule has 0 unspecified atom stereocenters. The molecule has 10 heteroatoms. The molecular weight excluding hydrogens is 460 g/mol. The van der Waals surface area contributed by atoms with E-state index in [0.29, 0.717) is 45.7 Å². The number of hydrogen-bond acceptors (Lipinski definition) is 5. The summed E-state index contributed by atoms with van der Waals surface area (Å²) in [5.41, 5.74) is 1.50. The molecule has 0 spiro atoms. The van der Waals surface area contributed by atoms with Crippen LogP contribution in [0.2, 0.25) is 0 Å². The number of H-pyrrole nitrogens is 1. The van der Waals surface area contributed by atoms with Gasteiger partial charge in [-0.1, -0.05) is 30.3 Å². The van der Waals surface area contributed by atoms with Crippen molar-refractivity contribution in [3.05, 3.63) is 53.9 Å². The number of amides is 2. The van der Waals surface area contributed by atoms with Crippen molar-refractivity contribution < 1.29 is 18.0 Å². The first-order valence-corrected chi connectivity index (χ1v) is 13.9. The van der Waals surface area contributed by atoms with E-state index in [1.807, 2.05) is 23.1 Å². The van der Waals surface area contributed by atoms with Gasteiger partial charge in [-0.2, -0.15) is 16.1 Å². The largest absolute Gasteiger partial charge is 0.356 e. The SMILES string of the molecule is O=C(CCCc1ccccc1)N1CCN(C(=O)c2cc(S(=O)(=O)N3CCSCC3)c[nH]2)CC1. The topological polar surface area (TPSA) is 93.8 Å². The first kappa shape index (κ1) is 23.8. The van der Waals surface area contributed by atoms with Crippen molar-refractivity contribution in [1.29, 1.82) is 0 Å². The summed E-state index contributed by atoms with van der Waals surface area (Å²) in [5, 5.41) is 0. The molecule has 1 N–H and O–H groups in total. The zero-order valence-corrected chi connectivity index (χ0v) is 20.2. The standard InChI is InChI=1S/C23H30N4O4S2/c28-22(8-4-7-19-5-2-1-3-6-19)25-9-11-26(12-10-25)23(29)21-17-20(18-24-21)33(30,31)27-13-15-32-16-14-27/h1-3,5-6,17-18,24H,4,7-16H2. The average molecular weight is 491 g/mol. The van der Waals surface area contributed by atoms with Gasteiger partial charge < -0.3 is 14.8 Å². The maximum atomic E-state index is 12.9. The molecule has 0 radical (unpaired) electrons. The van der Waals surface area contributed by atoms with Crippen LogP contribution in [-0.4, -0.2) is 90.1 Å². The normalized spacial score (nSPS) is 17.8. The maximum Gasteiger partial charge on any atom is 0.270 e. The molecule has 0 atom stereocenters. The summed E-state index contributed by atoms with van der Waals surface area (Å²) in [5.74, 6) is 1.45. The quantitative estimate of drug-likeness (QED) is 0.641. The third kappa shape index (κ3) is 5.80. The fourth-order valence-corrected chi connectivity index (χ4v) is 6.73. The highest BCUT2D eigenvalue weighted by Gasteiger charge is 2.30. The molecule has 8 nitrogen and oxygen atoms in total. The lowest BCUT2D eigenvalue weighted by Crippen LogP contribution is -2.50. The Kier molecular flexibility index (Phi) is 7.77. The number of nitrogens with one attached hydrogen (secondary N) is 1. The smallest absolute Gasteiger partial charge is 0.270 e. The summed E-state index contributed by atoms with van der Waals surface area (Å²) >= 11 is 1.74. The van der Waals surface area contributed by atoms with Crippen molar-refractivity contribution in [3.8, 4) is 0 Å². The number of carbonyl (C=O) groups is 2. The minimum Gasteiger partial charge on any atom is -0.356 e. The highest BCUT2D eigenvalue weighted by atomic mass is 32.2. The summed E-state index contributed by atoms with van der Waals surface area (Å²) in [4.78, 5) is 31.9. The van der Waals surface area contributed by atoms with Crippen molar-refractivity contribution in [1.82, 2.24) is 19.1 Å². The number of aromatic amines is 1. The zero-order valence-electron chi connectivity index (χ0n) is 18.6. The number of sulfonamides is 1. The number of benzene rings is 1. The number of piperazine rings is 1. The van der Waals surface area contributed by atoms with Crippen molar-refractivity contribution in [2.24, 2.45) is 0 Å². The minimum absolute atomic E-state index is 0.117. The number of thioether (sulfide) groups is 1. The van der Waals surface area contributed by atoms with E-state index in [0.717, 1.165) is 24.3 Å². The molecule has 2 saturated heterocycles. The predicted octanol–water partition coefficient (Wildman–Crippen LogP) is 2.06. The van der Waals surface area contributed by atoms with Crippen LogP contribution < -0.4 is 0 Å². The number of aromatic nitrogens is 1. The molecule has 4 rings (SSSR count). The van der Waals surface area contributed by atoms with Gasteiger partial charge in [0.25, 0.3) is 5.91 Å². The van der Waals surface area contributed by atoms with E-state index in [1.165, 1.54) is 22.1 Å². The Bertz CT molecular complexity index is 1060. The van der Waals surface area contributed by atoms with Crippen LogP contribution in [0.3, 0.4) is 0 Å². The summed E-state index contributed by atoms with van der Waals surface area (Å²) in [7, 11) is -3.59. The van der Waals surface area contributed by atoms with Gasteiger partial charge in [0.15, 0.2) is 0 Å². The lowest BCUT2D eigenvalue weighted by Gasteiger charge is -2.34. The molecule has 2 fully saturated rings. The van der Waals surface area contributed by atoms with Crippen LogP contribution in [0.15, 0.2) is 47.5 Å². The molecule has 2 aromatic rings. The minimum atomic E-state index is -3.59. The fourth-order valence-electron chi connectivity index (χ4n) is 4.16. The van der Waals surface area contributed by atoms with Crippen LogP contribution in [0.1, 0.15) is 28.9 Å². The third-order valence-electron chi connectivity index (χ3n) is 6.11. The molecule has 0 saturated carbocycles. The summed E-state index contributed by atoms with van der Waals surface area (Å²) < 4.78 is 27.1. The molecule has 178 valence electrons. The Balaban J connectivity index is 1.26. The Morgan fingerprint density at radius 1 is 0.939 bits per heavy atom. The average Bonchev–Trinajstić information content (AvgIpc) is 3.36. The van der Waals surface area contributed by atoms with Crippen molar-refractivity contribution in [2.45, 2.75) is 24.2 Å². The lowest BCUT2D eigenvalue weighted by atomic mass is 10.1. The van der Waals surface area contributed by atoms with E-state index >= 15 is 0 Å². The van der Waals surface area contributed by atoms with E-state index < -0.39 is 10.0 Å². The summed E-state index contributed by atoms with van der Waals surface area (Å²) in [6, 6.07) is 11.6. The number of carbonyl (C=O) groups excluding carboxylic acids is 2. The van der Waals surface area contributed by atoms with Gasteiger partial charge >= 0.3 is 0 Å². The molecule has 0 bridgehead atoms. The van der Waals surface area contributed by atoms with E-state index in [1.54, 1.807) is 16.7 Å². The van der Waals surface area contributed by atoms with Gasteiger partial charge in [-0.25, -0.2) is 8.42 Å². The van der Waals surface area contributed by atoms with E-state index in [2.05, 4.69) is 17.1 Å².